The summed E-state index contributed by atoms with van der Waals surface area (Å²) in [7, 11) is 0. The molecule has 0 bridgehead atoms. The zero-order chi connectivity index (χ0) is 14.1. The number of para-hydroxylation sites is 1. The number of rotatable bonds is 3. The van der Waals surface area contributed by atoms with Crippen molar-refractivity contribution in [2.24, 2.45) is 0 Å². The lowest BCUT2D eigenvalue weighted by Gasteiger charge is -2.23. The first kappa shape index (κ1) is 12.7. The van der Waals surface area contributed by atoms with Crippen molar-refractivity contribution in [1.82, 2.24) is 9.38 Å². The minimum atomic E-state index is -0.192. The first-order valence-electron chi connectivity index (χ1n) is 6.91. The monoisotopic (exact) mass is 267 g/mol. The van der Waals surface area contributed by atoms with Gasteiger partial charge in [-0.2, -0.15) is 4.98 Å². The van der Waals surface area contributed by atoms with Crippen LogP contribution in [0.25, 0.3) is 16.6 Å². The molecule has 0 aliphatic rings. The molecule has 0 spiro atoms. The van der Waals surface area contributed by atoms with Gasteiger partial charge in [-0.3, -0.25) is 9.20 Å². The molecule has 1 aromatic carbocycles. The van der Waals surface area contributed by atoms with Gasteiger partial charge in [-0.1, -0.05) is 18.2 Å². The van der Waals surface area contributed by atoms with E-state index in [0.29, 0.717) is 5.65 Å². The Morgan fingerprint density at radius 2 is 1.85 bits per heavy atom. The van der Waals surface area contributed by atoms with E-state index in [0.717, 1.165) is 29.8 Å². The summed E-state index contributed by atoms with van der Waals surface area (Å²) in [6.45, 7) is 5.88. The summed E-state index contributed by atoms with van der Waals surface area (Å²) in [6.07, 6.45) is 0. The lowest BCUT2D eigenvalue weighted by atomic mass is 10.2. The predicted octanol–water partition coefficient (Wildman–Crippen LogP) is 2.69. The molecule has 20 heavy (non-hydrogen) atoms. The molecular formula is C16H17N3O. The van der Waals surface area contributed by atoms with Crippen LogP contribution in [0, 0.1) is 0 Å². The standard InChI is InChI=1S/C16H17N3O/c1-3-18(4-2)16-11-15(20)17-14-10-9-12-7-5-6-8-13(12)19(14)16/h5-11H,3-4H2,1-2H3. The second kappa shape index (κ2) is 4.96. The van der Waals surface area contributed by atoms with E-state index in [2.05, 4.69) is 40.3 Å². The van der Waals surface area contributed by atoms with Crippen molar-refractivity contribution in [1.29, 1.82) is 0 Å². The summed E-state index contributed by atoms with van der Waals surface area (Å²) in [6, 6.07) is 13.7. The smallest absolute Gasteiger partial charge is 0.275 e. The van der Waals surface area contributed by atoms with E-state index < -0.39 is 0 Å². The molecule has 102 valence electrons. The van der Waals surface area contributed by atoms with Crippen LogP contribution >= 0.6 is 0 Å². The third-order valence-electron chi connectivity index (χ3n) is 3.61. The Bertz CT molecular complexity index is 819. The van der Waals surface area contributed by atoms with Gasteiger partial charge in [0.25, 0.3) is 5.56 Å². The van der Waals surface area contributed by atoms with Crippen molar-refractivity contribution in [3.8, 4) is 0 Å². The fourth-order valence-corrected chi connectivity index (χ4v) is 2.62. The normalized spacial score (nSPS) is 11.1. The van der Waals surface area contributed by atoms with E-state index >= 15 is 0 Å². The molecule has 2 heterocycles. The summed E-state index contributed by atoms with van der Waals surface area (Å²) in [4.78, 5) is 18.1. The van der Waals surface area contributed by atoms with Gasteiger partial charge in [0.15, 0.2) is 0 Å². The highest BCUT2D eigenvalue weighted by Crippen LogP contribution is 2.21. The first-order chi connectivity index (χ1) is 9.74. The van der Waals surface area contributed by atoms with Gasteiger partial charge in [-0.15, -0.1) is 0 Å². The number of pyridine rings is 1. The van der Waals surface area contributed by atoms with E-state index in [4.69, 9.17) is 0 Å². The Morgan fingerprint density at radius 3 is 2.60 bits per heavy atom. The van der Waals surface area contributed by atoms with Crippen molar-refractivity contribution < 1.29 is 0 Å². The van der Waals surface area contributed by atoms with Crippen LogP contribution in [-0.4, -0.2) is 22.5 Å². The van der Waals surface area contributed by atoms with Gasteiger partial charge in [0.1, 0.15) is 11.5 Å². The van der Waals surface area contributed by atoms with Gasteiger partial charge < -0.3 is 4.90 Å². The third kappa shape index (κ3) is 1.93. The van der Waals surface area contributed by atoms with Gasteiger partial charge in [-0.25, -0.2) is 0 Å². The third-order valence-corrected chi connectivity index (χ3v) is 3.61. The van der Waals surface area contributed by atoms with E-state index in [1.807, 2.05) is 24.3 Å². The van der Waals surface area contributed by atoms with Crippen LogP contribution in [0.4, 0.5) is 5.82 Å². The molecule has 0 saturated heterocycles. The fourth-order valence-electron chi connectivity index (χ4n) is 2.62. The SMILES string of the molecule is CCN(CC)c1cc(=O)nc2ccc3ccccc3n12. The van der Waals surface area contributed by atoms with Crippen molar-refractivity contribution in [3.63, 3.8) is 0 Å². The largest absolute Gasteiger partial charge is 0.358 e. The summed E-state index contributed by atoms with van der Waals surface area (Å²) in [5.41, 5.74) is 1.57. The van der Waals surface area contributed by atoms with Crippen molar-refractivity contribution in [2.75, 3.05) is 18.0 Å². The van der Waals surface area contributed by atoms with E-state index in [1.165, 1.54) is 0 Å². The zero-order valence-electron chi connectivity index (χ0n) is 11.7. The van der Waals surface area contributed by atoms with Crippen molar-refractivity contribution >= 4 is 22.4 Å². The fraction of sp³-hybridized carbons (Fsp3) is 0.250. The molecule has 0 saturated carbocycles. The number of fused-ring (bicyclic) bond motifs is 3. The van der Waals surface area contributed by atoms with Crippen LogP contribution in [0.3, 0.4) is 0 Å². The molecule has 0 unspecified atom stereocenters. The molecule has 0 fully saturated rings. The van der Waals surface area contributed by atoms with E-state index in [9.17, 15) is 4.79 Å². The maximum Gasteiger partial charge on any atom is 0.275 e. The molecule has 4 heteroatoms. The van der Waals surface area contributed by atoms with Crippen LogP contribution in [0.1, 0.15) is 13.8 Å². The summed E-state index contributed by atoms with van der Waals surface area (Å²) in [5.74, 6) is 0.904. The highest BCUT2D eigenvalue weighted by Gasteiger charge is 2.10. The Labute approximate surface area is 117 Å². The molecule has 0 radical (unpaired) electrons. The zero-order valence-corrected chi connectivity index (χ0v) is 11.7. The number of anilines is 1. The maximum absolute atomic E-state index is 11.8. The molecule has 3 aromatic rings. The molecule has 0 N–H and O–H groups in total. The molecule has 3 rings (SSSR count). The molecule has 0 atom stereocenters. The number of aromatic nitrogens is 2. The Morgan fingerprint density at radius 1 is 1.10 bits per heavy atom. The van der Waals surface area contributed by atoms with Crippen LogP contribution in [-0.2, 0) is 0 Å². The Hall–Kier alpha value is -2.36. The van der Waals surface area contributed by atoms with E-state index in [-0.39, 0.29) is 5.56 Å². The Balaban J connectivity index is 2.48. The summed E-state index contributed by atoms with van der Waals surface area (Å²) < 4.78 is 2.06. The molecule has 0 aliphatic heterocycles. The average molecular weight is 267 g/mol. The topological polar surface area (TPSA) is 37.6 Å². The quantitative estimate of drug-likeness (QED) is 0.685. The van der Waals surface area contributed by atoms with Gasteiger partial charge in [0.05, 0.1) is 5.52 Å². The number of nitrogens with zero attached hydrogens (tertiary/aromatic N) is 3. The molecular weight excluding hydrogens is 250 g/mol. The number of hydrogen-bond donors (Lipinski definition) is 0. The average Bonchev–Trinajstić information content (AvgIpc) is 2.47. The van der Waals surface area contributed by atoms with Gasteiger partial charge >= 0.3 is 0 Å². The lowest BCUT2D eigenvalue weighted by molar-refractivity contribution is 0.832. The van der Waals surface area contributed by atoms with Crippen molar-refractivity contribution in [3.05, 3.63) is 52.8 Å². The molecule has 2 aromatic heterocycles. The second-order valence-electron chi connectivity index (χ2n) is 4.71. The summed E-state index contributed by atoms with van der Waals surface area (Å²) in [5, 5.41) is 1.14. The minimum absolute atomic E-state index is 0.192. The summed E-state index contributed by atoms with van der Waals surface area (Å²) >= 11 is 0. The van der Waals surface area contributed by atoms with Gasteiger partial charge in [-0.05, 0) is 37.4 Å². The van der Waals surface area contributed by atoms with Crippen LogP contribution < -0.4 is 10.5 Å². The van der Waals surface area contributed by atoms with Crippen molar-refractivity contribution in [2.45, 2.75) is 13.8 Å². The minimum Gasteiger partial charge on any atom is -0.358 e. The van der Waals surface area contributed by atoms with Gasteiger partial charge in [0.2, 0.25) is 0 Å². The lowest BCUT2D eigenvalue weighted by Crippen LogP contribution is -2.27. The Kier molecular flexibility index (Phi) is 3.14. The first-order valence-corrected chi connectivity index (χ1v) is 6.91. The van der Waals surface area contributed by atoms with Gasteiger partial charge in [0, 0.05) is 19.2 Å². The molecule has 4 nitrogen and oxygen atoms in total. The van der Waals surface area contributed by atoms with E-state index in [1.54, 1.807) is 6.07 Å². The highest BCUT2D eigenvalue weighted by molar-refractivity contribution is 5.83. The second-order valence-corrected chi connectivity index (χ2v) is 4.71. The maximum atomic E-state index is 11.8. The number of hydrogen-bond acceptors (Lipinski definition) is 3. The predicted molar refractivity (Wildman–Crippen MR) is 82.5 cm³/mol. The number of benzene rings is 1. The molecule has 0 amide bonds. The van der Waals surface area contributed by atoms with Crippen LogP contribution in [0.2, 0.25) is 0 Å². The molecule has 0 aliphatic carbocycles. The van der Waals surface area contributed by atoms with Crippen LogP contribution in [0.15, 0.2) is 47.3 Å². The highest BCUT2D eigenvalue weighted by atomic mass is 16.1. The van der Waals surface area contributed by atoms with Crippen LogP contribution in [0.5, 0.6) is 0 Å².